The van der Waals surface area contributed by atoms with Crippen LogP contribution in [0.2, 0.25) is 0 Å². The number of nitrogens with zero attached hydrogens (tertiary/aromatic N) is 2. The van der Waals surface area contributed by atoms with Gasteiger partial charge in [-0.1, -0.05) is 0 Å². The van der Waals surface area contributed by atoms with Gasteiger partial charge in [-0.15, -0.1) is 0 Å². The lowest BCUT2D eigenvalue weighted by Crippen LogP contribution is -2.47. The number of nitrogens with one attached hydrogen (secondary N) is 1. The maximum Gasteiger partial charge on any atom is 0.412 e. The highest BCUT2D eigenvalue weighted by molar-refractivity contribution is 5.95. The van der Waals surface area contributed by atoms with E-state index in [1.165, 1.54) is 17.1 Å². The number of carbonyl (C=O) groups is 1. The van der Waals surface area contributed by atoms with Crippen molar-refractivity contribution in [3.8, 4) is 0 Å². The molecule has 0 radical (unpaired) electrons. The zero-order valence-corrected chi connectivity index (χ0v) is 7.75. The van der Waals surface area contributed by atoms with E-state index in [4.69, 9.17) is 0 Å². The Morgan fingerprint density at radius 1 is 1.67 bits per heavy atom. The first-order valence-corrected chi connectivity index (χ1v) is 3.92. The minimum atomic E-state index is -4.74. The summed E-state index contributed by atoms with van der Waals surface area (Å²) in [4.78, 5) is 11.0. The van der Waals surface area contributed by atoms with Crippen LogP contribution in [0.25, 0.3) is 0 Å². The molecule has 1 unspecified atom stereocenters. The molecule has 1 atom stereocenters. The van der Waals surface area contributed by atoms with Gasteiger partial charge in [0, 0.05) is 13.2 Å². The number of hydrogen-bond acceptors (Lipinski definition) is 3. The van der Waals surface area contributed by atoms with Gasteiger partial charge in [-0.05, 0) is 0 Å². The minimum absolute atomic E-state index is 0.169. The van der Waals surface area contributed by atoms with Crippen molar-refractivity contribution in [1.82, 2.24) is 9.78 Å². The molecule has 0 aliphatic carbocycles. The molecule has 0 aliphatic heterocycles. The number of halogens is 3. The molecule has 1 aromatic rings. The van der Waals surface area contributed by atoms with Gasteiger partial charge in [0.05, 0.1) is 11.9 Å². The fourth-order valence-electron chi connectivity index (χ4n) is 0.854. The molecule has 0 aromatic carbocycles. The Labute approximate surface area is 83.0 Å². The van der Waals surface area contributed by atoms with E-state index in [1.54, 1.807) is 7.05 Å². The molecule has 0 saturated carbocycles. The second-order valence-electron chi connectivity index (χ2n) is 2.91. The van der Waals surface area contributed by atoms with E-state index in [0.717, 1.165) is 0 Å². The van der Waals surface area contributed by atoms with Crippen LogP contribution >= 0.6 is 0 Å². The summed E-state index contributed by atoms with van der Waals surface area (Å²) in [5.74, 6) is -1.31. The molecule has 1 heterocycles. The molecule has 5 nitrogen and oxygen atoms in total. The first-order valence-electron chi connectivity index (χ1n) is 3.92. The van der Waals surface area contributed by atoms with Crippen LogP contribution in [0, 0.1) is 0 Å². The lowest BCUT2D eigenvalue weighted by molar-refractivity contribution is -0.159. The van der Waals surface area contributed by atoms with Gasteiger partial charge in [0.15, 0.2) is 6.04 Å². The normalized spacial score (nSPS) is 13.7. The van der Waals surface area contributed by atoms with Crippen molar-refractivity contribution in [3.05, 3.63) is 12.4 Å². The number of nitrogens with two attached hydrogens (primary N) is 1. The van der Waals surface area contributed by atoms with Crippen molar-refractivity contribution in [2.24, 2.45) is 12.8 Å². The van der Waals surface area contributed by atoms with E-state index >= 15 is 0 Å². The van der Waals surface area contributed by atoms with Gasteiger partial charge < -0.3 is 11.1 Å². The molecule has 1 aromatic heterocycles. The highest BCUT2D eigenvalue weighted by atomic mass is 19.4. The Morgan fingerprint density at radius 3 is 2.67 bits per heavy atom. The van der Waals surface area contributed by atoms with E-state index in [0.29, 0.717) is 0 Å². The predicted molar refractivity (Wildman–Crippen MR) is 45.9 cm³/mol. The average molecular weight is 222 g/mol. The van der Waals surface area contributed by atoms with Gasteiger partial charge in [-0.2, -0.15) is 18.3 Å². The van der Waals surface area contributed by atoms with Crippen LogP contribution < -0.4 is 11.1 Å². The molecule has 84 valence electrons. The fourth-order valence-corrected chi connectivity index (χ4v) is 0.854. The average Bonchev–Trinajstić information content (AvgIpc) is 2.48. The number of hydrogen-bond donors (Lipinski definition) is 2. The molecule has 0 saturated heterocycles. The summed E-state index contributed by atoms with van der Waals surface area (Å²) in [6, 6.07) is -2.53. The fraction of sp³-hybridized carbons (Fsp3) is 0.429. The van der Waals surface area contributed by atoms with Crippen molar-refractivity contribution in [3.63, 3.8) is 0 Å². The Kier molecular flexibility index (Phi) is 2.98. The summed E-state index contributed by atoms with van der Waals surface area (Å²) >= 11 is 0. The quantitative estimate of drug-likeness (QED) is 0.753. The van der Waals surface area contributed by atoms with Gasteiger partial charge in [-0.3, -0.25) is 9.48 Å². The number of carbonyl (C=O) groups excluding carboxylic acids is 1. The summed E-state index contributed by atoms with van der Waals surface area (Å²) in [5.41, 5.74) is 4.85. The number of rotatable bonds is 2. The molecule has 3 N–H and O–H groups in total. The van der Waals surface area contributed by atoms with Crippen molar-refractivity contribution < 1.29 is 18.0 Å². The third-order valence-electron chi connectivity index (χ3n) is 1.61. The highest BCUT2D eigenvalue weighted by Gasteiger charge is 2.42. The first-order chi connectivity index (χ1) is 6.80. The second-order valence-corrected chi connectivity index (χ2v) is 2.91. The third-order valence-corrected chi connectivity index (χ3v) is 1.61. The summed E-state index contributed by atoms with van der Waals surface area (Å²) in [7, 11) is 1.57. The maximum atomic E-state index is 12.0. The largest absolute Gasteiger partial charge is 0.412 e. The lowest BCUT2D eigenvalue weighted by atomic mass is 10.3. The van der Waals surface area contributed by atoms with E-state index in [2.05, 4.69) is 10.8 Å². The Morgan fingerprint density at radius 2 is 2.27 bits per heavy atom. The standard InChI is InChI=1S/C7H9F3N4O/c1-14-3-4(2-12-14)13-6(15)5(11)7(8,9)10/h2-3,5H,11H2,1H3,(H,13,15). The van der Waals surface area contributed by atoms with E-state index < -0.39 is 18.1 Å². The molecule has 0 bridgehead atoms. The van der Waals surface area contributed by atoms with Gasteiger partial charge in [0.25, 0.3) is 5.91 Å². The van der Waals surface area contributed by atoms with Crippen LogP contribution in [0.3, 0.4) is 0 Å². The van der Waals surface area contributed by atoms with Gasteiger partial charge >= 0.3 is 6.18 Å². The maximum absolute atomic E-state index is 12.0. The number of alkyl halides is 3. The summed E-state index contributed by atoms with van der Waals surface area (Å²) in [6.45, 7) is 0. The van der Waals surface area contributed by atoms with Crippen molar-refractivity contribution >= 4 is 11.6 Å². The number of aromatic nitrogens is 2. The van der Waals surface area contributed by atoms with Crippen LogP contribution in [0.5, 0.6) is 0 Å². The predicted octanol–water partition coefficient (Wildman–Crippen LogP) is 0.248. The summed E-state index contributed by atoms with van der Waals surface area (Å²) < 4.78 is 37.3. The summed E-state index contributed by atoms with van der Waals surface area (Å²) in [6.07, 6.45) is -2.16. The van der Waals surface area contributed by atoms with Gasteiger partial charge in [0.2, 0.25) is 0 Å². The number of anilines is 1. The van der Waals surface area contributed by atoms with E-state index in [-0.39, 0.29) is 5.69 Å². The Bertz CT molecular complexity index is 359. The molecule has 0 aliphatic rings. The van der Waals surface area contributed by atoms with Gasteiger partial charge in [-0.25, -0.2) is 0 Å². The van der Waals surface area contributed by atoms with Crippen LogP contribution in [0.15, 0.2) is 12.4 Å². The zero-order valence-electron chi connectivity index (χ0n) is 7.75. The topological polar surface area (TPSA) is 72.9 Å². The third kappa shape index (κ3) is 2.94. The molecule has 1 amide bonds. The van der Waals surface area contributed by atoms with Crippen LogP contribution in [-0.2, 0) is 11.8 Å². The molecule has 1 rings (SSSR count). The van der Waals surface area contributed by atoms with Crippen molar-refractivity contribution in [2.75, 3.05) is 5.32 Å². The number of aryl methyl sites for hydroxylation is 1. The first kappa shape index (κ1) is 11.5. The highest BCUT2D eigenvalue weighted by Crippen LogP contribution is 2.19. The van der Waals surface area contributed by atoms with Crippen LogP contribution in [0.4, 0.5) is 18.9 Å². The second kappa shape index (κ2) is 3.89. The number of amides is 1. The molecule has 0 spiro atoms. The monoisotopic (exact) mass is 222 g/mol. The van der Waals surface area contributed by atoms with Crippen LogP contribution in [-0.4, -0.2) is 27.9 Å². The molecular weight excluding hydrogens is 213 g/mol. The molecule has 8 heteroatoms. The zero-order chi connectivity index (χ0) is 11.6. The Hall–Kier alpha value is -1.57. The lowest BCUT2D eigenvalue weighted by Gasteiger charge is -2.14. The summed E-state index contributed by atoms with van der Waals surface area (Å²) in [5, 5.41) is 5.67. The van der Waals surface area contributed by atoms with Crippen LogP contribution in [0.1, 0.15) is 0 Å². The SMILES string of the molecule is Cn1cc(NC(=O)C(N)C(F)(F)F)cn1. The van der Waals surface area contributed by atoms with Crippen molar-refractivity contribution in [2.45, 2.75) is 12.2 Å². The Balaban J connectivity index is 2.64. The minimum Gasteiger partial charge on any atom is -0.322 e. The van der Waals surface area contributed by atoms with E-state index in [9.17, 15) is 18.0 Å². The molecule has 0 fully saturated rings. The van der Waals surface area contributed by atoms with Crippen molar-refractivity contribution in [1.29, 1.82) is 0 Å². The van der Waals surface area contributed by atoms with Gasteiger partial charge in [0.1, 0.15) is 0 Å². The molecule has 15 heavy (non-hydrogen) atoms. The van der Waals surface area contributed by atoms with E-state index in [1.807, 2.05) is 5.32 Å². The smallest absolute Gasteiger partial charge is 0.322 e. The molecular formula is C7H9F3N4O.